The minimum atomic E-state index is -0.939. The number of aryl methyl sites for hydroxylation is 2. The molecule has 0 unspecified atom stereocenters. The number of ether oxygens (including phenoxy) is 1. The maximum absolute atomic E-state index is 11.4. The molecule has 0 spiro atoms. The molecule has 1 amide bonds. The number of hydrogen-bond donors (Lipinski definition) is 2. The minimum absolute atomic E-state index is 0.0890. The number of carboxylic acids is 1. The third-order valence-corrected chi connectivity index (χ3v) is 2.78. The Balaban J connectivity index is 2.48. The van der Waals surface area contributed by atoms with Crippen molar-refractivity contribution < 1.29 is 19.4 Å². The molecule has 1 rings (SSSR count). The van der Waals surface area contributed by atoms with Crippen molar-refractivity contribution in [3.63, 3.8) is 0 Å². The van der Waals surface area contributed by atoms with Crippen LogP contribution in [0.1, 0.15) is 23.1 Å². The molecular weight excluding hydrogens is 246 g/mol. The summed E-state index contributed by atoms with van der Waals surface area (Å²) in [6, 6.07) is 3.93. The predicted octanol–water partition coefficient (Wildman–Crippen LogP) is 1.58. The second-order valence-corrected chi connectivity index (χ2v) is 4.49. The molecule has 0 fully saturated rings. The molecule has 0 aliphatic rings. The lowest BCUT2D eigenvalue weighted by Crippen LogP contribution is -2.30. The van der Waals surface area contributed by atoms with Gasteiger partial charge in [-0.15, -0.1) is 0 Å². The molecule has 0 bridgehead atoms. The fourth-order valence-corrected chi connectivity index (χ4v) is 1.65. The molecule has 104 valence electrons. The first-order valence-corrected chi connectivity index (χ1v) is 6.09. The van der Waals surface area contributed by atoms with Crippen LogP contribution in [-0.4, -0.2) is 30.1 Å². The number of aliphatic carboxylic acids is 1. The second kappa shape index (κ2) is 6.78. The molecule has 0 saturated heterocycles. The monoisotopic (exact) mass is 265 g/mol. The van der Waals surface area contributed by atoms with Gasteiger partial charge in [-0.05, 0) is 43.5 Å². The number of rotatable bonds is 6. The van der Waals surface area contributed by atoms with E-state index in [0.29, 0.717) is 5.75 Å². The Morgan fingerprint density at radius 3 is 2.58 bits per heavy atom. The zero-order valence-corrected chi connectivity index (χ0v) is 11.4. The van der Waals surface area contributed by atoms with Gasteiger partial charge in [0.15, 0.2) is 6.61 Å². The zero-order valence-electron chi connectivity index (χ0n) is 11.4. The Morgan fingerprint density at radius 2 is 1.95 bits per heavy atom. The van der Waals surface area contributed by atoms with Crippen molar-refractivity contribution in [2.24, 2.45) is 0 Å². The number of amides is 1. The summed E-state index contributed by atoms with van der Waals surface area (Å²) >= 11 is 0. The van der Waals surface area contributed by atoms with Crippen molar-refractivity contribution in [1.29, 1.82) is 0 Å². The van der Waals surface area contributed by atoms with Gasteiger partial charge in [0.2, 0.25) is 0 Å². The molecule has 0 atom stereocenters. The molecule has 0 aliphatic carbocycles. The lowest BCUT2D eigenvalue weighted by molar-refractivity contribution is -0.137. The quantitative estimate of drug-likeness (QED) is 0.819. The van der Waals surface area contributed by atoms with Crippen LogP contribution in [0.25, 0.3) is 0 Å². The van der Waals surface area contributed by atoms with E-state index in [1.165, 1.54) is 0 Å². The smallest absolute Gasteiger partial charge is 0.305 e. The SMILES string of the molecule is Cc1cc(C)c(C)c(OCC(=O)NCCC(=O)O)c1. The normalized spacial score (nSPS) is 10.1. The van der Waals surface area contributed by atoms with Gasteiger partial charge in [-0.25, -0.2) is 0 Å². The fraction of sp³-hybridized carbons (Fsp3) is 0.429. The molecule has 2 N–H and O–H groups in total. The molecule has 0 aliphatic heterocycles. The summed E-state index contributed by atoms with van der Waals surface area (Å²) in [5, 5.41) is 10.9. The van der Waals surface area contributed by atoms with E-state index in [0.717, 1.165) is 16.7 Å². The third-order valence-electron chi connectivity index (χ3n) is 2.78. The fourth-order valence-electron chi connectivity index (χ4n) is 1.65. The Hall–Kier alpha value is -2.04. The summed E-state index contributed by atoms with van der Waals surface area (Å²) in [6.07, 6.45) is -0.0890. The Labute approximate surface area is 112 Å². The van der Waals surface area contributed by atoms with Crippen LogP contribution in [0, 0.1) is 20.8 Å². The van der Waals surface area contributed by atoms with Crippen LogP contribution in [0.3, 0.4) is 0 Å². The topological polar surface area (TPSA) is 75.6 Å². The van der Waals surface area contributed by atoms with Gasteiger partial charge >= 0.3 is 5.97 Å². The van der Waals surface area contributed by atoms with Gasteiger partial charge in [0.25, 0.3) is 5.91 Å². The van der Waals surface area contributed by atoms with Crippen LogP contribution in [-0.2, 0) is 9.59 Å². The summed E-state index contributed by atoms with van der Waals surface area (Å²) < 4.78 is 5.46. The van der Waals surface area contributed by atoms with E-state index in [2.05, 4.69) is 11.4 Å². The molecule has 0 radical (unpaired) electrons. The molecule has 5 nitrogen and oxygen atoms in total. The molecule has 19 heavy (non-hydrogen) atoms. The van der Waals surface area contributed by atoms with Crippen molar-refractivity contribution in [3.8, 4) is 5.75 Å². The number of benzene rings is 1. The molecule has 1 aromatic carbocycles. The zero-order chi connectivity index (χ0) is 14.4. The van der Waals surface area contributed by atoms with Crippen molar-refractivity contribution >= 4 is 11.9 Å². The Morgan fingerprint density at radius 1 is 1.26 bits per heavy atom. The van der Waals surface area contributed by atoms with E-state index in [9.17, 15) is 9.59 Å². The summed E-state index contributed by atoms with van der Waals surface area (Å²) in [4.78, 5) is 21.7. The number of nitrogens with one attached hydrogen (secondary N) is 1. The highest BCUT2D eigenvalue weighted by Gasteiger charge is 2.07. The first-order valence-electron chi connectivity index (χ1n) is 6.09. The summed E-state index contributed by atoms with van der Waals surface area (Å²) in [6.45, 7) is 5.90. The van der Waals surface area contributed by atoms with Gasteiger partial charge in [-0.2, -0.15) is 0 Å². The van der Waals surface area contributed by atoms with Gasteiger partial charge < -0.3 is 15.2 Å². The van der Waals surface area contributed by atoms with E-state index < -0.39 is 5.97 Å². The summed E-state index contributed by atoms with van der Waals surface area (Å²) in [5.74, 6) is -0.572. The van der Waals surface area contributed by atoms with E-state index in [-0.39, 0.29) is 25.5 Å². The molecular formula is C14H19NO4. The highest BCUT2D eigenvalue weighted by atomic mass is 16.5. The molecule has 0 saturated carbocycles. The second-order valence-electron chi connectivity index (χ2n) is 4.49. The Bertz CT molecular complexity index is 483. The average molecular weight is 265 g/mol. The van der Waals surface area contributed by atoms with Crippen LogP contribution >= 0.6 is 0 Å². The summed E-state index contributed by atoms with van der Waals surface area (Å²) in [5.41, 5.74) is 3.19. The molecule has 0 heterocycles. The predicted molar refractivity (Wildman–Crippen MR) is 71.4 cm³/mol. The van der Waals surface area contributed by atoms with Crippen molar-refractivity contribution in [2.45, 2.75) is 27.2 Å². The average Bonchev–Trinajstić information content (AvgIpc) is 2.31. The number of carbonyl (C=O) groups is 2. The van der Waals surface area contributed by atoms with E-state index >= 15 is 0 Å². The van der Waals surface area contributed by atoms with Crippen LogP contribution in [0.2, 0.25) is 0 Å². The number of carboxylic acid groups (broad SMARTS) is 1. The van der Waals surface area contributed by atoms with E-state index in [1.807, 2.05) is 26.8 Å². The van der Waals surface area contributed by atoms with E-state index in [4.69, 9.17) is 9.84 Å². The molecule has 0 aromatic heterocycles. The van der Waals surface area contributed by atoms with Crippen LogP contribution in [0.15, 0.2) is 12.1 Å². The van der Waals surface area contributed by atoms with Crippen LogP contribution in [0.4, 0.5) is 0 Å². The highest BCUT2D eigenvalue weighted by Crippen LogP contribution is 2.23. The molecule has 5 heteroatoms. The van der Waals surface area contributed by atoms with Crippen molar-refractivity contribution in [1.82, 2.24) is 5.32 Å². The Kier molecular flexibility index (Phi) is 5.36. The summed E-state index contributed by atoms with van der Waals surface area (Å²) in [7, 11) is 0. The van der Waals surface area contributed by atoms with Gasteiger partial charge in [-0.1, -0.05) is 6.07 Å². The van der Waals surface area contributed by atoms with Gasteiger partial charge in [0.05, 0.1) is 6.42 Å². The molecule has 1 aromatic rings. The minimum Gasteiger partial charge on any atom is -0.483 e. The van der Waals surface area contributed by atoms with E-state index in [1.54, 1.807) is 0 Å². The van der Waals surface area contributed by atoms with Gasteiger partial charge in [0, 0.05) is 6.54 Å². The van der Waals surface area contributed by atoms with Crippen molar-refractivity contribution in [3.05, 3.63) is 28.8 Å². The largest absolute Gasteiger partial charge is 0.483 e. The first-order chi connectivity index (χ1) is 8.90. The van der Waals surface area contributed by atoms with Gasteiger partial charge in [-0.3, -0.25) is 9.59 Å². The van der Waals surface area contributed by atoms with Crippen LogP contribution < -0.4 is 10.1 Å². The third kappa shape index (κ3) is 4.99. The maximum atomic E-state index is 11.4. The van der Waals surface area contributed by atoms with Crippen LogP contribution in [0.5, 0.6) is 5.75 Å². The first kappa shape index (κ1) is 15.0. The number of carbonyl (C=O) groups excluding carboxylic acids is 1. The number of hydrogen-bond acceptors (Lipinski definition) is 3. The van der Waals surface area contributed by atoms with Gasteiger partial charge in [0.1, 0.15) is 5.75 Å². The van der Waals surface area contributed by atoms with Crippen molar-refractivity contribution in [2.75, 3.05) is 13.2 Å². The lowest BCUT2D eigenvalue weighted by Gasteiger charge is -2.12. The standard InChI is InChI=1S/C14H19NO4/c1-9-6-10(2)11(3)12(7-9)19-8-13(16)15-5-4-14(17)18/h6-7H,4-5,8H2,1-3H3,(H,15,16)(H,17,18). The highest BCUT2D eigenvalue weighted by molar-refractivity contribution is 5.78. The maximum Gasteiger partial charge on any atom is 0.305 e. The lowest BCUT2D eigenvalue weighted by atomic mass is 10.1.